The van der Waals surface area contributed by atoms with Crippen LogP contribution in [0.2, 0.25) is 5.02 Å². The summed E-state index contributed by atoms with van der Waals surface area (Å²) >= 11 is 6.45. The van der Waals surface area contributed by atoms with Crippen LogP contribution in [0.25, 0.3) is 22.3 Å². The van der Waals surface area contributed by atoms with E-state index in [9.17, 15) is 4.79 Å². The predicted molar refractivity (Wildman–Crippen MR) is 119 cm³/mol. The van der Waals surface area contributed by atoms with Crippen molar-refractivity contribution in [3.63, 3.8) is 0 Å². The quantitative estimate of drug-likeness (QED) is 0.666. The number of nitrogens with zero attached hydrogens (tertiary/aromatic N) is 4. The van der Waals surface area contributed by atoms with E-state index in [0.29, 0.717) is 37.0 Å². The van der Waals surface area contributed by atoms with Crippen LogP contribution in [0.5, 0.6) is 0 Å². The Morgan fingerprint density at radius 2 is 1.86 bits per heavy atom. The molecule has 148 valence electrons. The fraction of sp³-hybridized carbons (Fsp3) is 0.227. The minimum absolute atomic E-state index is 0.0381. The molecule has 2 heterocycles. The van der Waals surface area contributed by atoms with Gasteiger partial charge in [0.2, 0.25) is 5.91 Å². The molecule has 1 aliphatic rings. The number of fused-ring (bicyclic) bond motifs is 1. The molecule has 0 aliphatic carbocycles. The van der Waals surface area contributed by atoms with Crippen LogP contribution in [-0.4, -0.2) is 54.0 Å². The Labute approximate surface area is 174 Å². The van der Waals surface area contributed by atoms with Crippen LogP contribution in [-0.2, 0) is 4.79 Å². The lowest BCUT2D eigenvalue weighted by molar-refractivity contribution is -0.126. The number of piperazine rings is 1. The van der Waals surface area contributed by atoms with E-state index in [4.69, 9.17) is 21.6 Å². The van der Waals surface area contributed by atoms with E-state index in [2.05, 4.69) is 16.8 Å². The van der Waals surface area contributed by atoms with Crippen LogP contribution in [0.1, 0.15) is 0 Å². The van der Waals surface area contributed by atoms with Crippen molar-refractivity contribution in [2.75, 3.05) is 43.4 Å². The van der Waals surface area contributed by atoms with Crippen molar-refractivity contribution in [2.45, 2.75) is 0 Å². The molecule has 1 N–H and O–H groups in total. The number of benzene rings is 2. The number of hydrogen-bond donors (Lipinski definition) is 1. The molecule has 1 aliphatic heterocycles. The molecule has 7 heteroatoms. The van der Waals surface area contributed by atoms with Crippen LogP contribution < -0.4 is 10.2 Å². The Morgan fingerprint density at radius 3 is 2.52 bits per heavy atom. The second-order valence-electron chi connectivity index (χ2n) is 6.85. The lowest BCUT2D eigenvalue weighted by atomic mass is 10.1. The van der Waals surface area contributed by atoms with E-state index < -0.39 is 0 Å². The van der Waals surface area contributed by atoms with E-state index in [1.165, 1.54) is 6.08 Å². The Morgan fingerprint density at radius 1 is 1.14 bits per heavy atom. The minimum atomic E-state index is -0.0381. The van der Waals surface area contributed by atoms with Gasteiger partial charge in [-0.05, 0) is 18.2 Å². The second kappa shape index (κ2) is 8.09. The number of carbonyl (C=O) groups excluding carboxylic acids is 1. The van der Waals surface area contributed by atoms with E-state index >= 15 is 0 Å². The molecular formula is C22H22ClN5O. The van der Waals surface area contributed by atoms with Gasteiger partial charge in [-0.25, -0.2) is 9.97 Å². The predicted octanol–water partition coefficient (Wildman–Crippen LogP) is 3.83. The summed E-state index contributed by atoms with van der Waals surface area (Å²) < 4.78 is 0. The number of rotatable bonds is 4. The Hall–Kier alpha value is -3.12. The van der Waals surface area contributed by atoms with Crippen molar-refractivity contribution in [2.24, 2.45) is 0 Å². The minimum Gasteiger partial charge on any atom is -0.387 e. The first-order valence-corrected chi connectivity index (χ1v) is 9.89. The van der Waals surface area contributed by atoms with E-state index in [1.807, 2.05) is 49.5 Å². The van der Waals surface area contributed by atoms with Gasteiger partial charge in [0.05, 0.1) is 16.2 Å². The molecule has 0 radical (unpaired) electrons. The summed E-state index contributed by atoms with van der Waals surface area (Å²) in [6.07, 6.45) is 1.36. The molecule has 1 fully saturated rings. The molecule has 2 aromatic carbocycles. The largest absolute Gasteiger partial charge is 0.387 e. The van der Waals surface area contributed by atoms with Gasteiger partial charge >= 0.3 is 0 Å². The SMILES string of the molecule is C=CC(=O)N1CCN(c2nc(-c3ccccc3)nc3cc(NC)c(Cl)cc23)CC1. The van der Waals surface area contributed by atoms with Gasteiger partial charge < -0.3 is 15.1 Å². The van der Waals surface area contributed by atoms with E-state index in [-0.39, 0.29) is 5.91 Å². The standard InChI is InChI=1S/C22H22ClN5O/c1-3-20(29)27-9-11-28(12-10-27)22-16-13-17(23)19(24-2)14-18(16)25-21(26-22)15-7-5-4-6-8-15/h3-8,13-14,24H,1,9-12H2,2H3. The summed E-state index contributed by atoms with van der Waals surface area (Å²) in [6, 6.07) is 13.8. The van der Waals surface area contributed by atoms with E-state index in [1.54, 1.807) is 4.90 Å². The molecule has 3 aromatic rings. The van der Waals surface area contributed by atoms with Crippen LogP contribution in [0.15, 0.2) is 55.1 Å². The monoisotopic (exact) mass is 407 g/mol. The first-order valence-electron chi connectivity index (χ1n) is 9.51. The maximum atomic E-state index is 11.9. The first-order chi connectivity index (χ1) is 14.1. The van der Waals surface area contributed by atoms with Crippen LogP contribution in [0.3, 0.4) is 0 Å². The summed E-state index contributed by atoms with van der Waals surface area (Å²) in [6.45, 7) is 6.20. The summed E-state index contributed by atoms with van der Waals surface area (Å²) in [5.41, 5.74) is 2.61. The van der Waals surface area contributed by atoms with Crippen molar-refractivity contribution in [1.29, 1.82) is 0 Å². The molecule has 4 rings (SSSR count). The number of aromatic nitrogens is 2. The maximum absolute atomic E-state index is 11.9. The van der Waals surface area contributed by atoms with Gasteiger partial charge in [-0.15, -0.1) is 0 Å². The number of carbonyl (C=O) groups is 1. The molecule has 1 aromatic heterocycles. The van der Waals surface area contributed by atoms with Gasteiger partial charge in [-0.1, -0.05) is 48.5 Å². The van der Waals surface area contributed by atoms with Gasteiger partial charge in [0.25, 0.3) is 0 Å². The van der Waals surface area contributed by atoms with Gasteiger partial charge in [-0.2, -0.15) is 0 Å². The molecule has 0 unspecified atom stereocenters. The Bertz CT molecular complexity index is 1060. The molecular weight excluding hydrogens is 386 g/mol. The molecule has 0 bridgehead atoms. The summed E-state index contributed by atoms with van der Waals surface area (Å²) in [5.74, 6) is 1.47. The highest BCUT2D eigenvalue weighted by Crippen LogP contribution is 2.34. The number of hydrogen-bond acceptors (Lipinski definition) is 5. The second-order valence-corrected chi connectivity index (χ2v) is 7.26. The average Bonchev–Trinajstić information content (AvgIpc) is 2.78. The normalized spacial score (nSPS) is 14.1. The van der Waals surface area contributed by atoms with Gasteiger partial charge in [0.15, 0.2) is 5.82 Å². The molecule has 29 heavy (non-hydrogen) atoms. The molecule has 0 spiro atoms. The lowest BCUT2D eigenvalue weighted by Gasteiger charge is -2.35. The average molecular weight is 408 g/mol. The molecule has 0 saturated carbocycles. The Kier molecular flexibility index (Phi) is 5.36. The van der Waals surface area contributed by atoms with Crippen molar-refractivity contribution in [3.8, 4) is 11.4 Å². The fourth-order valence-corrected chi connectivity index (χ4v) is 3.81. The van der Waals surface area contributed by atoms with Crippen molar-refractivity contribution < 1.29 is 4.79 Å². The third-order valence-electron chi connectivity index (χ3n) is 5.13. The zero-order chi connectivity index (χ0) is 20.4. The summed E-state index contributed by atoms with van der Waals surface area (Å²) in [5, 5.41) is 4.63. The highest BCUT2D eigenvalue weighted by Gasteiger charge is 2.23. The van der Waals surface area contributed by atoms with Crippen LogP contribution in [0.4, 0.5) is 11.5 Å². The first kappa shape index (κ1) is 19.2. The van der Waals surface area contributed by atoms with E-state index in [0.717, 1.165) is 28.0 Å². The zero-order valence-corrected chi connectivity index (χ0v) is 17.0. The van der Waals surface area contributed by atoms with Crippen molar-refractivity contribution in [3.05, 3.63) is 60.1 Å². The number of halogens is 1. The number of anilines is 2. The molecule has 0 atom stereocenters. The molecule has 6 nitrogen and oxygen atoms in total. The fourth-order valence-electron chi connectivity index (χ4n) is 3.55. The lowest BCUT2D eigenvalue weighted by Crippen LogP contribution is -2.48. The smallest absolute Gasteiger partial charge is 0.246 e. The van der Waals surface area contributed by atoms with Gasteiger partial charge in [0, 0.05) is 44.2 Å². The highest BCUT2D eigenvalue weighted by atomic mass is 35.5. The molecule has 1 saturated heterocycles. The van der Waals surface area contributed by atoms with Gasteiger partial charge in [-0.3, -0.25) is 4.79 Å². The summed E-state index contributed by atoms with van der Waals surface area (Å²) in [7, 11) is 1.84. The number of nitrogens with one attached hydrogen (secondary N) is 1. The van der Waals surface area contributed by atoms with Crippen molar-refractivity contribution >= 4 is 39.9 Å². The van der Waals surface area contributed by atoms with Gasteiger partial charge in [0.1, 0.15) is 5.82 Å². The Balaban J connectivity index is 1.80. The third-order valence-corrected chi connectivity index (χ3v) is 5.44. The van der Waals surface area contributed by atoms with Crippen LogP contribution in [0, 0.1) is 0 Å². The summed E-state index contributed by atoms with van der Waals surface area (Å²) in [4.78, 5) is 25.6. The highest BCUT2D eigenvalue weighted by molar-refractivity contribution is 6.34. The zero-order valence-electron chi connectivity index (χ0n) is 16.2. The maximum Gasteiger partial charge on any atom is 0.246 e. The van der Waals surface area contributed by atoms with Crippen molar-refractivity contribution in [1.82, 2.24) is 14.9 Å². The topological polar surface area (TPSA) is 61.4 Å². The van der Waals surface area contributed by atoms with Crippen LogP contribution >= 0.6 is 11.6 Å². The molecule has 1 amide bonds. The number of amides is 1. The third kappa shape index (κ3) is 3.76.